The molecule has 0 saturated heterocycles. The normalized spacial score (nSPS) is 10.7. The largest absolute Gasteiger partial charge is 0.370 e. The second-order valence-electron chi connectivity index (χ2n) is 3.56. The van der Waals surface area contributed by atoms with Crippen molar-refractivity contribution in [1.29, 1.82) is 0 Å². The lowest BCUT2D eigenvalue weighted by Crippen LogP contribution is -1.97. The smallest absolute Gasteiger partial charge is 0.107 e. The Morgan fingerprint density at radius 3 is 2.94 bits per heavy atom. The molecule has 17 heavy (non-hydrogen) atoms. The van der Waals surface area contributed by atoms with Gasteiger partial charge in [-0.1, -0.05) is 28.1 Å². The van der Waals surface area contributed by atoms with Crippen LogP contribution in [-0.4, -0.2) is 4.98 Å². The van der Waals surface area contributed by atoms with Crippen molar-refractivity contribution in [2.75, 3.05) is 0 Å². The first kappa shape index (κ1) is 12.7. The Morgan fingerprint density at radius 2 is 2.24 bits per heavy atom. The van der Waals surface area contributed by atoms with E-state index in [0.717, 1.165) is 20.7 Å². The molecule has 0 aliphatic heterocycles. The molecule has 3 nitrogen and oxygen atoms in total. The third-order valence-electron chi connectivity index (χ3n) is 2.18. The molecule has 1 heterocycles. The average Bonchev–Trinajstić information content (AvgIpc) is 2.77. The van der Waals surface area contributed by atoms with Crippen molar-refractivity contribution in [3.05, 3.63) is 50.4 Å². The summed E-state index contributed by atoms with van der Waals surface area (Å²) in [4.78, 5) is 4.34. The highest BCUT2D eigenvalue weighted by Gasteiger charge is 2.01. The minimum absolute atomic E-state index is 0.496. The first-order chi connectivity index (χ1) is 8.28. The van der Waals surface area contributed by atoms with E-state index in [2.05, 4.69) is 20.9 Å². The zero-order chi connectivity index (χ0) is 12.1. The quantitative estimate of drug-likeness (QED) is 0.923. The fraction of sp³-hybridized carbons (Fsp3) is 0.250. The van der Waals surface area contributed by atoms with Crippen molar-refractivity contribution < 1.29 is 4.74 Å². The van der Waals surface area contributed by atoms with Gasteiger partial charge in [0.05, 0.1) is 18.9 Å². The van der Waals surface area contributed by atoms with E-state index < -0.39 is 0 Å². The van der Waals surface area contributed by atoms with Gasteiger partial charge < -0.3 is 10.5 Å². The van der Waals surface area contributed by atoms with Crippen LogP contribution in [0.3, 0.4) is 0 Å². The minimum Gasteiger partial charge on any atom is -0.370 e. The fourth-order valence-electron chi connectivity index (χ4n) is 1.41. The number of hydrogen-bond acceptors (Lipinski definition) is 4. The van der Waals surface area contributed by atoms with E-state index in [4.69, 9.17) is 10.5 Å². The maximum Gasteiger partial charge on any atom is 0.107 e. The van der Waals surface area contributed by atoms with Crippen LogP contribution in [0.1, 0.15) is 16.3 Å². The van der Waals surface area contributed by atoms with E-state index in [1.807, 2.05) is 29.6 Å². The molecule has 0 amide bonds. The van der Waals surface area contributed by atoms with Gasteiger partial charge in [0.2, 0.25) is 0 Å². The maximum atomic E-state index is 5.60. The summed E-state index contributed by atoms with van der Waals surface area (Å²) in [6.07, 6.45) is 0. The molecule has 2 rings (SSSR count). The van der Waals surface area contributed by atoms with Crippen LogP contribution in [0.25, 0.3) is 0 Å². The second-order valence-corrected chi connectivity index (χ2v) is 5.42. The monoisotopic (exact) mass is 312 g/mol. The summed E-state index contributed by atoms with van der Waals surface area (Å²) in [6.45, 7) is 1.62. The van der Waals surface area contributed by atoms with E-state index >= 15 is 0 Å². The number of nitrogens with two attached hydrogens (primary N) is 1. The Balaban J connectivity index is 1.83. The summed E-state index contributed by atoms with van der Waals surface area (Å²) < 4.78 is 6.67. The van der Waals surface area contributed by atoms with Gasteiger partial charge in [0.1, 0.15) is 5.01 Å². The molecule has 2 aromatic rings. The van der Waals surface area contributed by atoms with Gasteiger partial charge in [-0.15, -0.1) is 11.3 Å². The highest BCUT2D eigenvalue weighted by molar-refractivity contribution is 9.10. The Bertz CT molecular complexity index is 487. The van der Waals surface area contributed by atoms with Crippen molar-refractivity contribution in [3.63, 3.8) is 0 Å². The van der Waals surface area contributed by atoms with Crippen LogP contribution in [0, 0.1) is 0 Å². The van der Waals surface area contributed by atoms with Gasteiger partial charge in [-0.05, 0) is 17.7 Å². The molecular weight excluding hydrogens is 300 g/mol. The van der Waals surface area contributed by atoms with Crippen molar-refractivity contribution in [1.82, 2.24) is 4.98 Å². The summed E-state index contributed by atoms with van der Waals surface area (Å²) in [6, 6.07) is 8.08. The lowest BCUT2D eigenvalue weighted by Gasteiger charge is -2.02. The molecular formula is C12H13BrN2OS. The Labute approximate surface area is 113 Å². The predicted octanol–water partition coefficient (Wildman–Crippen LogP) is 3.08. The van der Waals surface area contributed by atoms with Gasteiger partial charge in [0.25, 0.3) is 0 Å². The maximum absolute atomic E-state index is 5.60. The summed E-state index contributed by atoms with van der Waals surface area (Å²) in [5.41, 5.74) is 7.60. The van der Waals surface area contributed by atoms with Gasteiger partial charge in [-0.3, -0.25) is 0 Å². The third-order valence-corrected chi connectivity index (χ3v) is 3.59. The molecule has 0 radical (unpaired) electrons. The summed E-state index contributed by atoms with van der Waals surface area (Å²) in [5, 5.41) is 2.94. The van der Waals surface area contributed by atoms with Gasteiger partial charge in [-0.2, -0.15) is 0 Å². The Morgan fingerprint density at radius 1 is 1.35 bits per heavy atom. The zero-order valence-electron chi connectivity index (χ0n) is 9.23. The van der Waals surface area contributed by atoms with Crippen LogP contribution >= 0.6 is 27.3 Å². The number of hydrogen-bond donors (Lipinski definition) is 1. The molecule has 1 aromatic heterocycles. The van der Waals surface area contributed by atoms with Crippen LogP contribution in [0.2, 0.25) is 0 Å². The van der Waals surface area contributed by atoms with E-state index in [9.17, 15) is 0 Å². The molecule has 0 aliphatic rings. The number of ether oxygens (including phenoxy) is 1. The SMILES string of the molecule is NCc1nc(COCc2cccc(Br)c2)cs1. The number of nitrogens with zero attached hydrogens (tertiary/aromatic N) is 1. The highest BCUT2D eigenvalue weighted by atomic mass is 79.9. The van der Waals surface area contributed by atoms with Crippen molar-refractivity contribution in [2.24, 2.45) is 5.73 Å². The predicted molar refractivity (Wildman–Crippen MR) is 72.6 cm³/mol. The lowest BCUT2D eigenvalue weighted by molar-refractivity contribution is 0.105. The van der Waals surface area contributed by atoms with Crippen LogP contribution in [0.4, 0.5) is 0 Å². The van der Waals surface area contributed by atoms with Gasteiger partial charge >= 0.3 is 0 Å². The fourth-order valence-corrected chi connectivity index (χ4v) is 2.51. The van der Waals surface area contributed by atoms with E-state index in [0.29, 0.717) is 19.8 Å². The second kappa shape index (κ2) is 6.26. The molecule has 90 valence electrons. The summed E-state index contributed by atoms with van der Waals surface area (Å²) in [7, 11) is 0. The van der Waals surface area contributed by atoms with E-state index in [1.54, 1.807) is 11.3 Å². The molecule has 0 aliphatic carbocycles. The van der Waals surface area contributed by atoms with Crippen molar-refractivity contribution >= 4 is 27.3 Å². The molecule has 0 saturated carbocycles. The van der Waals surface area contributed by atoms with Crippen LogP contribution in [0.5, 0.6) is 0 Å². The zero-order valence-corrected chi connectivity index (χ0v) is 11.6. The molecule has 2 N–H and O–H groups in total. The van der Waals surface area contributed by atoms with Gasteiger partial charge in [0.15, 0.2) is 0 Å². The standard InChI is InChI=1S/C12H13BrN2OS/c13-10-3-1-2-9(4-10)6-16-7-11-8-17-12(5-14)15-11/h1-4,8H,5-7,14H2. The van der Waals surface area contributed by atoms with Crippen LogP contribution < -0.4 is 5.73 Å². The molecule has 0 atom stereocenters. The Kier molecular flexibility index (Phi) is 4.67. The Hall–Kier alpha value is -0.750. The molecule has 0 unspecified atom stereocenters. The molecule has 0 fully saturated rings. The molecule has 0 spiro atoms. The minimum atomic E-state index is 0.496. The number of halogens is 1. The van der Waals surface area contributed by atoms with E-state index in [1.165, 1.54) is 0 Å². The molecule has 1 aromatic carbocycles. The van der Waals surface area contributed by atoms with Crippen molar-refractivity contribution in [3.8, 4) is 0 Å². The average molecular weight is 313 g/mol. The first-order valence-corrected chi connectivity index (χ1v) is 6.90. The van der Waals surface area contributed by atoms with Gasteiger partial charge in [0, 0.05) is 16.4 Å². The molecule has 0 bridgehead atoms. The highest BCUT2D eigenvalue weighted by Crippen LogP contribution is 2.14. The van der Waals surface area contributed by atoms with Crippen LogP contribution in [0.15, 0.2) is 34.1 Å². The number of rotatable bonds is 5. The number of benzene rings is 1. The topological polar surface area (TPSA) is 48.1 Å². The lowest BCUT2D eigenvalue weighted by atomic mass is 10.2. The van der Waals surface area contributed by atoms with E-state index in [-0.39, 0.29) is 0 Å². The van der Waals surface area contributed by atoms with Gasteiger partial charge in [-0.25, -0.2) is 4.98 Å². The van der Waals surface area contributed by atoms with Crippen LogP contribution in [-0.2, 0) is 24.5 Å². The number of thiazole rings is 1. The first-order valence-electron chi connectivity index (χ1n) is 5.23. The third kappa shape index (κ3) is 3.89. The summed E-state index contributed by atoms with van der Waals surface area (Å²) >= 11 is 5.01. The number of aromatic nitrogens is 1. The summed E-state index contributed by atoms with van der Waals surface area (Å²) in [5.74, 6) is 0. The van der Waals surface area contributed by atoms with Crippen molar-refractivity contribution in [2.45, 2.75) is 19.8 Å². The molecule has 5 heteroatoms.